The molecule has 0 bridgehead atoms. The molecule has 6 nitrogen and oxygen atoms in total. The zero-order valence-corrected chi connectivity index (χ0v) is 12.0. The fourth-order valence-electron chi connectivity index (χ4n) is 3.03. The molecule has 4 rings (SSSR count). The van der Waals surface area contributed by atoms with Crippen molar-refractivity contribution in [3.8, 4) is 17.1 Å². The summed E-state index contributed by atoms with van der Waals surface area (Å²) in [4.78, 5) is 8.67. The number of aromatic nitrogens is 4. The number of hydrogen-bond acceptors (Lipinski definition) is 5. The van der Waals surface area contributed by atoms with Gasteiger partial charge in [-0.2, -0.15) is 5.10 Å². The Morgan fingerprint density at radius 2 is 2.14 bits per heavy atom. The number of methoxy groups -OCH3 is 1. The van der Waals surface area contributed by atoms with Crippen LogP contribution in [-0.4, -0.2) is 32.0 Å². The van der Waals surface area contributed by atoms with Crippen molar-refractivity contribution < 1.29 is 9.84 Å². The number of ether oxygens (including phenoxy) is 1. The minimum atomic E-state index is -0.431. The quantitative estimate of drug-likeness (QED) is 0.935. The smallest absolute Gasteiger partial charge is 0.226 e. The van der Waals surface area contributed by atoms with Crippen molar-refractivity contribution in [3.63, 3.8) is 0 Å². The van der Waals surface area contributed by atoms with Gasteiger partial charge >= 0.3 is 0 Å². The zero-order chi connectivity index (χ0) is 14.4. The van der Waals surface area contributed by atoms with E-state index in [1.54, 1.807) is 13.4 Å². The van der Waals surface area contributed by atoms with E-state index in [1.807, 2.05) is 10.7 Å². The third-order valence-electron chi connectivity index (χ3n) is 4.26. The lowest BCUT2D eigenvalue weighted by Crippen LogP contribution is -2.15. The molecule has 1 aliphatic heterocycles. The van der Waals surface area contributed by atoms with E-state index in [-0.39, 0.29) is 0 Å². The first-order chi connectivity index (χ1) is 10.3. The average molecular weight is 286 g/mol. The summed E-state index contributed by atoms with van der Waals surface area (Å²) < 4.78 is 7.31. The van der Waals surface area contributed by atoms with Crippen LogP contribution < -0.4 is 4.74 Å². The van der Waals surface area contributed by atoms with Crippen LogP contribution in [-0.2, 0) is 6.54 Å². The lowest BCUT2D eigenvalue weighted by Gasteiger charge is -2.18. The molecular formula is C15H18N4O2. The van der Waals surface area contributed by atoms with E-state index < -0.39 is 6.10 Å². The minimum absolute atomic E-state index is 0.431. The molecule has 0 aromatic carbocycles. The van der Waals surface area contributed by atoms with E-state index in [1.165, 1.54) is 0 Å². The van der Waals surface area contributed by atoms with Gasteiger partial charge in [0.05, 0.1) is 35.9 Å². The fraction of sp³-hybridized carbons (Fsp3) is 0.533. The summed E-state index contributed by atoms with van der Waals surface area (Å²) in [6.07, 6.45) is 5.18. The molecule has 0 amide bonds. The topological polar surface area (TPSA) is 73.1 Å². The number of rotatable bonds is 3. The molecule has 0 unspecified atom stereocenters. The van der Waals surface area contributed by atoms with E-state index in [4.69, 9.17) is 4.74 Å². The Bertz CT molecular complexity index is 678. The van der Waals surface area contributed by atoms with Gasteiger partial charge in [0.25, 0.3) is 0 Å². The van der Waals surface area contributed by atoms with Crippen LogP contribution >= 0.6 is 0 Å². The van der Waals surface area contributed by atoms with E-state index in [0.717, 1.165) is 54.9 Å². The molecule has 0 radical (unpaired) electrons. The second-order valence-electron chi connectivity index (χ2n) is 5.75. The molecule has 2 aromatic rings. The summed E-state index contributed by atoms with van der Waals surface area (Å²) in [6, 6.07) is 1.96. The van der Waals surface area contributed by atoms with Crippen LogP contribution in [0.3, 0.4) is 0 Å². The normalized spacial score (nSPS) is 21.1. The molecular weight excluding hydrogens is 268 g/mol. The van der Waals surface area contributed by atoms with Gasteiger partial charge in [0.2, 0.25) is 5.88 Å². The van der Waals surface area contributed by atoms with Gasteiger partial charge in [0.15, 0.2) is 0 Å². The Labute approximate surface area is 122 Å². The van der Waals surface area contributed by atoms with Crippen molar-refractivity contribution in [3.05, 3.63) is 23.8 Å². The monoisotopic (exact) mass is 286 g/mol. The Hall–Kier alpha value is -1.95. The summed E-state index contributed by atoms with van der Waals surface area (Å²) in [5.74, 6) is 1.05. The highest BCUT2D eigenvalue weighted by atomic mass is 16.5. The van der Waals surface area contributed by atoms with E-state index in [2.05, 4.69) is 15.1 Å². The number of nitrogens with zero attached hydrogens (tertiary/aromatic N) is 4. The number of hydrogen-bond donors (Lipinski definition) is 1. The number of fused-ring (bicyclic) bond motifs is 1. The van der Waals surface area contributed by atoms with E-state index >= 15 is 0 Å². The molecule has 1 saturated carbocycles. The average Bonchev–Trinajstić information content (AvgIpc) is 3.26. The predicted octanol–water partition coefficient (Wildman–Crippen LogP) is 2.05. The van der Waals surface area contributed by atoms with Gasteiger partial charge < -0.3 is 9.84 Å². The van der Waals surface area contributed by atoms with Gasteiger partial charge in [-0.15, -0.1) is 0 Å². The molecule has 21 heavy (non-hydrogen) atoms. The van der Waals surface area contributed by atoms with Gasteiger partial charge in [-0.05, 0) is 31.7 Å². The number of aliphatic hydroxyl groups excluding tert-OH is 1. The number of aryl methyl sites for hydroxylation is 1. The minimum Gasteiger partial charge on any atom is -0.480 e. The first-order valence-electron chi connectivity index (χ1n) is 7.43. The Morgan fingerprint density at radius 3 is 2.86 bits per heavy atom. The third-order valence-corrected chi connectivity index (χ3v) is 4.26. The van der Waals surface area contributed by atoms with E-state index in [9.17, 15) is 5.11 Å². The molecule has 0 saturated heterocycles. The standard InChI is InChI=1S/C15H18N4O2/c1-21-15-13(14(9-4-5-9)16-8-17-15)10-7-11-12(20)3-2-6-19(11)18-10/h7-9,12,20H,2-6H2,1H3/t12-/m1/s1. The summed E-state index contributed by atoms with van der Waals surface area (Å²) in [6.45, 7) is 0.848. The summed E-state index contributed by atoms with van der Waals surface area (Å²) in [7, 11) is 1.62. The Kier molecular flexibility index (Phi) is 2.92. The van der Waals surface area contributed by atoms with Crippen LogP contribution in [0, 0.1) is 0 Å². The van der Waals surface area contributed by atoms with Crippen molar-refractivity contribution in [2.75, 3.05) is 7.11 Å². The van der Waals surface area contributed by atoms with Crippen molar-refractivity contribution in [2.45, 2.75) is 44.2 Å². The molecule has 0 spiro atoms. The largest absolute Gasteiger partial charge is 0.480 e. The molecule has 2 aromatic heterocycles. The molecule has 1 N–H and O–H groups in total. The maximum Gasteiger partial charge on any atom is 0.226 e. The fourth-order valence-corrected chi connectivity index (χ4v) is 3.03. The second-order valence-corrected chi connectivity index (χ2v) is 5.75. The highest BCUT2D eigenvalue weighted by Gasteiger charge is 2.32. The Balaban J connectivity index is 1.86. The molecule has 6 heteroatoms. The van der Waals surface area contributed by atoms with Gasteiger partial charge in [-0.1, -0.05) is 0 Å². The van der Waals surface area contributed by atoms with Crippen LogP contribution in [0.25, 0.3) is 11.3 Å². The number of aliphatic hydroxyl groups is 1. The maximum atomic E-state index is 10.1. The van der Waals surface area contributed by atoms with Crippen LogP contribution in [0.4, 0.5) is 0 Å². The van der Waals surface area contributed by atoms with Crippen molar-refractivity contribution >= 4 is 0 Å². The van der Waals surface area contributed by atoms with Crippen LogP contribution in [0.1, 0.15) is 49.1 Å². The second kappa shape index (κ2) is 4.80. The predicted molar refractivity (Wildman–Crippen MR) is 76.0 cm³/mol. The zero-order valence-electron chi connectivity index (χ0n) is 12.0. The lowest BCUT2D eigenvalue weighted by atomic mass is 10.0. The summed E-state index contributed by atoms with van der Waals surface area (Å²) in [5, 5.41) is 14.8. The SMILES string of the molecule is COc1ncnc(C2CC2)c1-c1cc2n(n1)CCC[C@H]2O. The molecule has 1 atom stereocenters. The molecule has 1 aliphatic carbocycles. The Morgan fingerprint density at radius 1 is 1.29 bits per heavy atom. The third kappa shape index (κ3) is 2.10. The maximum absolute atomic E-state index is 10.1. The van der Waals surface area contributed by atoms with Gasteiger partial charge in [0, 0.05) is 12.5 Å². The highest BCUT2D eigenvalue weighted by Crippen LogP contribution is 2.45. The molecule has 3 heterocycles. The van der Waals surface area contributed by atoms with Gasteiger partial charge in [-0.25, -0.2) is 9.97 Å². The summed E-state index contributed by atoms with van der Waals surface area (Å²) >= 11 is 0. The van der Waals surface area contributed by atoms with Crippen LogP contribution in [0.5, 0.6) is 5.88 Å². The van der Waals surface area contributed by atoms with E-state index in [0.29, 0.717) is 11.8 Å². The molecule has 2 aliphatic rings. The van der Waals surface area contributed by atoms with Gasteiger partial charge in [0.1, 0.15) is 6.33 Å². The van der Waals surface area contributed by atoms with Crippen molar-refractivity contribution in [1.82, 2.24) is 19.7 Å². The van der Waals surface area contributed by atoms with Crippen LogP contribution in [0.2, 0.25) is 0 Å². The summed E-state index contributed by atoms with van der Waals surface area (Å²) in [5.41, 5.74) is 3.59. The molecule has 1 fully saturated rings. The highest BCUT2D eigenvalue weighted by molar-refractivity contribution is 5.69. The first kappa shape index (κ1) is 12.8. The van der Waals surface area contributed by atoms with Crippen molar-refractivity contribution in [1.29, 1.82) is 0 Å². The van der Waals surface area contributed by atoms with Crippen LogP contribution in [0.15, 0.2) is 12.4 Å². The molecule has 110 valence electrons. The lowest BCUT2D eigenvalue weighted by molar-refractivity contribution is 0.135. The van der Waals surface area contributed by atoms with Gasteiger partial charge in [-0.3, -0.25) is 4.68 Å². The van der Waals surface area contributed by atoms with Crippen molar-refractivity contribution in [2.24, 2.45) is 0 Å². The first-order valence-corrected chi connectivity index (χ1v) is 7.43.